The molecule has 0 amide bonds. The van der Waals surface area contributed by atoms with E-state index in [0.29, 0.717) is 29.5 Å². The summed E-state index contributed by atoms with van der Waals surface area (Å²) in [6.07, 6.45) is 1.18. The first-order valence-corrected chi connectivity index (χ1v) is 9.03. The van der Waals surface area contributed by atoms with Gasteiger partial charge in [0.1, 0.15) is 18.1 Å². The van der Waals surface area contributed by atoms with Gasteiger partial charge in [0.2, 0.25) is 0 Å². The molecule has 0 N–H and O–H groups in total. The van der Waals surface area contributed by atoms with E-state index in [4.69, 9.17) is 21.1 Å². The van der Waals surface area contributed by atoms with Crippen LogP contribution in [0.1, 0.15) is 37.0 Å². The molecule has 0 saturated heterocycles. The summed E-state index contributed by atoms with van der Waals surface area (Å²) in [5, 5.41) is 0.679. The molecule has 2 aromatic rings. The predicted octanol–water partition coefficient (Wildman–Crippen LogP) is 5.87. The standard InChI is InChI=1S/C19H20BrClO3/c1-4-13-9-15(20)18(10-16(13)21)23-11-14-12(3)7-6-8-17(14)24-19(22)5-2/h6-10H,4-5,11H2,1-3H3. The van der Waals surface area contributed by atoms with Crippen molar-refractivity contribution < 1.29 is 14.3 Å². The molecule has 0 unspecified atom stereocenters. The van der Waals surface area contributed by atoms with Crippen molar-refractivity contribution in [3.63, 3.8) is 0 Å². The van der Waals surface area contributed by atoms with Crippen molar-refractivity contribution in [3.05, 3.63) is 56.5 Å². The van der Waals surface area contributed by atoms with Crippen LogP contribution in [-0.4, -0.2) is 5.97 Å². The van der Waals surface area contributed by atoms with Crippen molar-refractivity contribution in [3.8, 4) is 11.5 Å². The quantitative estimate of drug-likeness (QED) is 0.440. The Balaban J connectivity index is 2.23. The first-order chi connectivity index (χ1) is 11.5. The van der Waals surface area contributed by atoms with Crippen LogP contribution in [0, 0.1) is 6.92 Å². The van der Waals surface area contributed by atoms with Crippen molar-refractivity contribution in [2.45, 2.75) is 40.2 Å². The summed E-state index contributed by atoms with van der Waals surface area (Å²) >= 11 is 9.78. The van der Waals surface area contributed by atoms with Crippen LogP contribution >= 0.6 is 27.5 Å². The second-order valence-electron chi connectivity index (χ2n) is 5.40. The first-order valence-electron chi connectivity index (χ1n) is 7.86. The monoisotopic (exact) mass is 410 g/mol. The summed E-state index contributed by atoms with van der Waals surface area (Å²) < 4.78 is 12.2. The van der Waals surface area contributed by atoms with E-state index in [9.17, 15) is 4.79 Å². The molecule has 0 aromatic heterocycles. The average Bonchev–Trinajstić information content (AvgIpc) is 2.56. The normalized spacial score (nSPS) is 10.5. The maximum atomic E-state index is 11.6. The molecule has 5 heteroatoms. The molecule has 0 aliphatic heterocycles. The maximum absolute atomic E-state index is 11.6. The van der Waals surface area contributed by atoms with E-state index in [1.54, 1.807) is 19.1 Å². The molecule has 0 fully saturated rings. The van der Waals surface area contributed by atoms with Crippen LogP contribution in [0.3, 0.4) is 0 Å². The Morgan fingerprint density at radius 1 is 1.21 bits per heavy atom. The van der Waals surface area contributed by atoms with E-state index in [1.165, 1.54) is 0 Å². The molecule has 0 atom stereocenters. The molecule has 24 heavy (non-hydrogen) atoms. The number of carbonyl (C=O) groups is 1. The van der Waals surface area contributed by atoms with Gasteiger partial charge in [-0.3, -0.25) is 4.79 Å². The van der Waals surface area contributed by atoms with Gasteiger partial charge in [0.15, 0.2) is 0 Å². The third kappa shape index (κ3) is 4.52. The van der Waals surface area contributed by atoms with Gasteiger partial charge in [-0.25, -0.2) is 0 Å². The largest absolute Gasteiger partial charge is 0.488 e. The smallest absolute Gasteiger partial charge is 0.310 e. The lowest BCUT2D eigenvalue weighted by molar-refractivity contribution is -0.134. The van der Waals surface area contributed by atoms with Crippen molar-refractivity contribution in [1.82, 2.24) is 0 Å². The minimum absolute atomic E-state index is 0.265. The zero-order valence-corrected chi connectivity index (χ0v) is 16.3. The second kappa shape index (κ2) is 8.54. The van der Waals surface area contributed by atoms with Gasteiger partial charge in [-0.2, -0.15) is 0 Å². The highest BCUT2D eigenvalue weighted by Gasteiger charge is 2.13. The second-order valence-corrected chi connectivity index (χ2v) is 6.66. The molecular weight excluding hydrogens is 392 g/mol. The van der Waals surface area contributed by atoms with Gasteiger partial charge in [-0.15, -0.1) is 0 Å². The molecular formula is C19H20BrClO3. The third-order valence-electron chi connectivity index (χ3n) is 3.73. The van der Waals surface area contributed by atoms with Gasteiger partial charge < -0.3 is 9.47 Å². The summed E-state index contributed by atoms with van der Waals surface area (Å²) in [4.78, 5) is 11.6. The Morgan fingerprint density at radius 2 is 1.96 bits per heavy atom. The number of aryl methyl sites for hydroxylation is 2. The number of benzene rings is 2. The summed E-state index contributed by atoms with van der Waals surface area (Å²) in [5.74, 6) is 0.931. The van der Waals surface area contributed by atoms with Crippen LogP contribution in [0.25, 0.3) is 0 Å². The lowest BCUT2D eigenvalue weighted by atomic mass is 10.1. The van der Waals surface area contributed by atoms with Gasteiger partial charge >= 0.3 is 5.97 Å². The van der Waals surface area contributed by atoms with Crippen molar-refractivity contribution in [2.75, 3.05) is 0 Å². The summed E-state index contributed by atoms with van der Waals surface area (Å²) in [7, 11) is 0. The lowest BCUT2D eigenvalue weighted by Gasteiger charge is -2.15. The number of ether oxygens (including phenoxy) is 2. The number of rotatable bonds is 6. The minimum Gasteiger partial charge on any atom is -0.488 e. The topological polar surface area (TPSA) is 35.5 Å². The molecule has 0 radical (unpaired) electrons. The highest BCUT2D eigenvalue weighted by molar-refractivity contribution is 9.10. The predicted molar refractivity (Wildman–Crippen MR) is 100.0 cm³/mol. The number of carbonyl (C=O) groups excluding carboxylic acids is 1. The summed E-state index contributed by atoms with van der Waals surface area (Å²) in [5.41, 5.74) is 2.91. The van der Waals surface area contributed by atoms with E-state index in [1.807, 2.05) is 25.1 Å². The van der Waals surface area contributed by atoms with Crippen LogP contribution in [-0.2, 0) is 17.8 Å². The zero-order valence-electron chi connectivity index (χ0n) is 14.0. The van der Waals surface area contributed by atoms with Gasteiger partial charge in [0, 0.05) is 23.1 Å². The van der Waals surface area contributed by atoms with Gasteiger partial charge in [-0.1, -0.05) is 37.6 Å². The fourth-order valence-electron chi connectivity index (χ4n) is 2.25. The lowest BCUT2D eigenvalue weighted by Crippen LogP contribution is -2.09. The Hall–Kier alpha value is -1.52. The van der Waals surface area contributed by atoms with Crippen molar-refractivity contribution >= 4 is 33.5 Å². The molecule has 2 aromatic carbocycles. The fraction of sp³-hybridized carbons (Fsp3) is 0.316. The van der Waals surface area contributed by atoms with Crippen molar-refractivity contribution in [2.24, 2.45) is 0 Å². The maximum Gasteiger partial charge on any atom is 0.310 e. The summed E-state index contributed by atoms with van der Waals surface area (Å²) in [6, 6.07) is 9.37. The Kier molecular flexibility index (Phi) is 6.69. The zero-order chi connectivity index (χ0) is 17.7. The van der Waals surface area contributed by atoms with Crippen LogP contribution < -0.4 is 9.47 Å². The molecule has 0 bridgehead atoms. The molecule has 128 valence electrons. The van der Waals surface area contributed by atoms with E-state index < -0.39 is 0 Å². The average molecular weight is 412 g/mol. The highest BCUT2D eigenvalue weighted by Crippen LogP contribution is 2.33. The van der Waals surface area contributed by atoms with Crippen molar-refractivity contribution in [1.29, 1.82) is 0 Å². The molecule has 0 aliphatic rings. The molecule has 2 rings (SSSR count). The van der Waals surface area contributed by atoms with Crippen LogP contribution in [0.2, 0.25) is 5.02 Å². The van der Waals surface area contributed by atoms with E-state index >= 15 is 0 Å². The summed E-state index contributed by atoms with van der Waals surface area (Å²) in [6.45, 7) is 6.07. The van der Waals surface area contributed by atoms with E-state index in [-0.39, 0.29) is 5.97 Å². The van der Waals surface area contributed by atoms with Gasteiger partial charge in [-0.05, 0) is 52.5 Å². The van der Waals surface area contributed by atoms with Crippen LogP contribution in [0.15, 0.2) is 34.8 Å². The Bertz CT molecular complexity index is 744. The number of halogens is 2. The molecule has 0 spiro atoms. The molecule has 0 saturated carbocycles. The first kappa shape index (κ1) is 18.8. The Morgan fingerprint density at radius 3 is 2.62 bits per heavy atom. The highest BCUT2D eigenvalue weighted by atomic mass is 79.9. The fourth-order valence-corrected chi connectivity index (χ4v) is 3.04. The van der Waals surface area contributed by atoms with Gasteiger partial charge in [0.05, 0.1) is 4.47 Å². The van der Waals surface area contributed by atoms with Crippen LogP contribution in [0.4, 0.5) is 0 Å². The van der Waals surface area contributed by atoms with Crippen LogP contribution in [0.5, 0.6) is 11.5 Å². The molecule has 3 nitrogen and oxygen atoms in total. The van der Waals surface area contributed by atoms with E-state index in [2.05, 4.69) is 22.9 Å². The number of hydrogen-bond acceptors (Lipinski definition) is 3. The third-order valence-corrected chi connectivity index (χ3v) is 4.71. The minimum atomic E-state index is -0.265. The molecule has 0 aliphatic carbocycles. The SMILES string of the molecule is CCC(=O)Oc1cccc(C)c1COc1cc(Cl)c(CC)cc1Br. The number of hydrogen-bond donors (Lipinski definition) is 0. The van der Waals surface area contributed by atoms with Gasteiger partial charge in [0.25, 0.3) is 0 Å². The van der Waals surface area contributed by atoms with E-state index in [0.717, 1.165) is 27.6 Å². The Labute approximate surface area is 156 Å². The number of esters is 1. The molecule has 0 heterocycles.